The van der Waals surface area contributed by atoms with Crippen LogP contribution in [0.25, 0.3) is 11.1 Å². The summed E-state index contributed by atoms with van der Waals surface area (Å²) in [5, 5.41) is 0. The Morgan fingerprint density at radius 2 is 1.78 bits per heavy atom. The van der Waals surface area contributed by atoms with E-state index >= 15 is 0 Å². The van der Waals surface area contributed by atoms with Crippen LogP contribution in [0.15, 0.2) is 36.4 Å². The van der Waals surface area contributed by atoms with Gasteiger partial charge < -0.3 is 9.47 Å². The number of nitrogens with zero attached hydrogens (tertiary/aromatic N) is 2. The Hall–Kier alpha value is -2.69. The fraction of sp³-hybridized carbons (Fsp3) is 0.581. The Bertz CT molecular complexity index is 1460. The molecule has 4 saturated carbocycles. The lowest BCUT2D eigenvalue weighted by Crippen LogP contribution is -2.76. The third-order valence-electron chi connectivity index (χ3n) is 10.0. The van der Waals surface area contributed by atoms with Gasteiger partial charge in [0, 0.05) is 43.6 Å². The minimum Gasteiger partial charge on any atom is -0.494 e. The molecule has 1 N–H and O–H groups in total. The third kappa shape index (κ3) is 4.91. The van der Waals surface area contributed by atoms with Crippen LogP contribution >= 0.6 is 0 Å². The third-order valence-corrected chi connectivity index (χ3v) is 11.0. The van der Waals surface area contributed by atoms with E-state index in [2.05, 4.69) is 17.0 Å². The van der Waals surface area contributed by atoms with Gasteiger partial charge in [0.2, 0.25) is 0 Å². The number of hydrogen-bond donors (Lipinski definition) is 1. The second-order valence-corrected chi connectivity index (χ2v) is 14.6. The fourth-order valence-electron chi connectivity index (χ4n) is 8.04. The molecular formula is C31H37FN2O6S. The molecule has 6 aliphatic rings. The minimum absolute atomic E-state index is 0.220. The lowest BCUT2D eigenvalue weighted by molar-refractivity contribution is -0.187. The van der Waals surface area contributed by atoms with Crippen molar-refractivity contribution >= 4 is 16.2 Å². The van der Waals surface area contributed by atoms with Crippen LogP contribution in [0.3, 0.4) is 0 Å². The number of piperidine rings is 1. The molecule has 41 heavy (non-hydrogen) atoms. The molecule has 2 saturated heterocycles. The lowest BCUT2D eigenvalue weighted by atomic mass is 9.39. The van der Waals surface area contributed by atoms with E-state index in [0.29, 0.717) is 38.3 Å². The van der Waals surface area contributed by atoms with E-state index in [9.17, 15) is 22.2 Å². The zero-order valence-electron chi connectivity index (χ0n) is 23.4. The van der Waals surface area contributed by atoms with Crippen LogP contribution < -0.4 is 4.74 Å². The van der Waals surface area contributed by atoms with Gasteiger partial charge in [-0.25, -0.2) is 9.18 Å². The number of ether oxygens (including phenoxy) is 2. The summed E-state index contributed by atoms with van der Waals surface area (Å²) in [6, 6.07) is 11.1. The highest BCUT2D eigenvalue weighted by Gasteiger charge is 2.74. The first-order chi connectivity index (χ1) is 19.5. The molecule has 2 heterocycles. The first-order valence-electron chi connectivity index (χ1n) is 14.7. The van der Waals surface area contributed by atoms with Crippen molar-refractivity contribution in [3.8, 4) is 16.9 Å². The van der Waals surface area contributed by atoms with E-state index in [1.54, 1.807) is 0 Å². The molecule has 0 unspecified atom stereocenters. The number of carbonyl (C=O) groups excluding carboxylic acids is 1. The first kappa shape index (κ1) is 27.2. The highest BCUT2D eigenvalue weighted by molar-refractivity contribution is 7.85. The second-order valence-electron chi connectivity index (χ2n) is 13.2. The monoisotopic (exact) mass is 584 g/mol. The topological polar surface area (TPSA) is 96.4 Å². The Morgan fingerprint density at radius 3 is 2.39 bits per heavy atom. The van der Waals surface area contributed by atoms with Crippen molar-refractivity contribution in [2.75, 3.05) is 32.0 Å². The first-order valence-corrected chi connectivity index (χ1v) is 16.3. The van der Waals surface area contributed by atoms with Gasteiger partial charge in [0.15, 0.2) is 0 Å². The van der Waals surface area contributed by atoms with Gasteiger partial charge in [0.25, 0.3) is 10.1 Å². The Morgan fingerprint density at radius 1 is 1.10 bits per heavy atom. The minimum atomic E-state index is -4.02. The number of hydrogen-bond acceptors (Lipinski definition) is 6. The number of rotatable bonds is 9. The van der Waals surface area contributed by atoms with E-state index < -0.39 is 15.7 Å². The maximum Gasteiger partial charge on any atom is 0.410 e. The highest BCUT2D eigenvalue weighted by atomic mass is 32.2. The van der Waals surface area contributed by atoms with Crippen LogP contribution in [-0.4, -0.2) is 72.0 Å². The summed E-state index contributed by atoms with van der Waals surface area (Å²) in [5.74, 6) is 0.915. The normalized spacial score (nSPS) is 28.8. The van der Waals surface area contributed by atoms with Gasteiger partial charge in [-0.05, 0) is 91.3 Å². The quantitative estimate of drug-likeness (QED) is 0.396. The van der Waals surface area contributed by atoms with Crippen LogP contribution in [-0.2, 0) is 21.4 Å². The Balaban J connectivity index is 1.03. The van der Waals surface area contributed by atoms with Gasteiger partial charge in [-0.2, -0.15) is 8.42 Å². The van der Waals surface area contributed by atoms with Crippen LogP contribution in [0.2, 0.25) is 0 Å². The molecule has 8 rings (SSSR count). The summed E-state index contributed by atoms with van der Waals surface area (Å²) in [6.45, 7) is 5.42. The molecule has 10 heteroatoms. The highest BCUT2D eigenvalue weighted by Crippen LogP contribution is 2.71. The average molecular weight is 585 g/mol. The number of halogens is 1. The van der Waals surface area contributed by atoms with Gasteiger partial charge >= 0.3 is 6.09 Å². The Labute approximate surface area is 240 Å². The van der Waals surface area contributed by atoms with Gasteiger partial charge in [-0.1, -0.05) is 12.1 Å². The van der Waals surface area contributed by atoms with Crippen LogP contribution in [0.4, 0.5) is 9.18 Å². The molecule has 0 atom stereocenters. The Kier molecular flexibility index (Phi) is 6.23. The van der Waals surface area contributed by atoms with Crippen molar-refractivity contribution in [1.29, 1.82) is 0 Å². The SMILES string of the molecule is CCOc1cc(-c2ccc(F)cc2)c(C2CC2)cc1CN1CCC2(CC1)CN(C13CC(CS(=O)(=O)O)(C1)C3)C(=O)O2. The summed E-state index contributed by atoms with van der Waals surface area (Å²) < 4.78 is 57.8. The molecule has 1 spiro atoms. The summed E-state index contributed by atoms with van der Waals surface area (Å²) in [4.78, 5) is 17.2. The zero-order valence-corrected chi connectivity index (χ0v) is 24.2. The molecule has 1 amide bonds. The second kappa shape index (κ2) is 9.41. The lowest BCUT2D eigenvalue weighted by Gasteiger charge is -2.72. The molecule has 6 fully saturated rings. The predicted octanol–water partition coefficient (Wildman–Crippen LogP) is 5.37. The van der Waals surface area contributed by atoms with Crippen molar-refractivity contribution in [3.63, 3.8) is 0 Å². The molecule has 2 aromatic carbocycles. The van der Waals surface area contributed by atoms with Crippen molar-refractivity contribution in [2.45, 2.75) is 75.5 Å². The summed E-state index contributed by atoms with van der Waals surface area (Å²) in [6.07, 6.45) is 5.38. The van der Waals surface area contributed by atoms with Crippen molar-refractivity contribution in [1.82, 2.24) is 9.80 Å². The van der Waals surface area contributed by atoms with Gasteiger partial charge in [-0.3, -0.25) is 14.4 Å². The van der Waals surface area contributed by atoms with E-state index in [0.717, 1.165) is 67.8 Å². The van der Waals surface area contributed by atoms with E-state index in [-0.39, 0.29) is 28.6 Å². The van der Waals surface area contributed by atoms with Gasteiger partial charge in [-0.15, -0.1) is 0 Å². The van der Waals surface area contributed by atoms with Gasteiger partial charge in [0.1, 0.15) is 17.2 Å². The summed E-state index contributed by atoms with van der Waals surface area (Å²) >= 11 is 0. The van der Waals surface area contributed by atoms with Crippen molar-refractivity contribution in [2.24, 2.45) is 5.41 Å². The van der Waals surface area contributed by atoms with Crippen LogP contribution in [0.1, 0.15) is 68.9 Å². The standard InChI is InChI=1S/C31H37FN2O6S/c1-2-39-27-14-26(22-5-7-24(32)8-6-22)25(21-3-4-21)13-23(27)15-33-11-9-31(10-12-33)19-34(28(35)40-31)30-16-29(17-30,18-30)20-41(36,37)38/h5-8,13-14,21H,2-4,9-12,15-20H2,1H3,(H,36,37,38). The largest absolute Gasteiger partial charge is 0.494 e. The van der Waals surface area contributed by atoms with E-state index in [1.807, 2.05) is 24.0 Å². The number of benzene rings is 2. The van der Waals surface area contributed by atoms with Gasteiger partial charge in [0.05, 0.1) is 18.9 Å². The van der Waals surface area contributed by atoms with Crippen LogP contribution in [0, 0.1) is 11.2 Å². The van der Waals surface area contributed by atoms with Crippen molar-refractivity contribution < 1.29 is 31.6 Å². The molecule has 2 bridgehead atoms. The number of carbonyl (C=O) groups is 1. The summed E-state index contributed by atoms with van der Waals surface area (Å²) in [5.41, 5.74) is 3.38. The smallest absolute Gasteiger partial charge is 0.410 e. The molecule has 0 radical (unpaired) electrons. The maximum absolute atomic E-state index is 13.6. The number of amides is 1. The summed E-state index contributed by atoms with van der Waals surface area (Å²) in [7, 11) is -4.02. The molecule has 0 aromatic heterocycles. The predicted molar refractivity (Wildman–Crippen MR) is 151 cm³/mol. The molecule has 2 aromatic rings. The van der Waals surface area contributed by atoms with Crippen molar-refractivity contribution in [3.05, 3.63) is 53.3 Å². The molecule has 220 valence electrons. The molecule has 2 aliphatic heterocycles. The fourth-order valence-corrected chi connectivity index (χ4v) is 9.12. The van der Waals surface area contributed by atoms with Crippen LogP contribution in [0.5, 0.6) is 5.75 Å². The number of likely N-dealkylation sites (tertiary alicyclic amines) is 1. The molecule has 4 aliphatic carbocycles. The molecular weight excluding hydrogens is 547 g/mol. The zero-order chi connectivity index (χ0) is 28.6. The van der Waals surface area contributed by atoms with E-state index in [4.69, 9.17) is 9.47 Å². The van der Waals surface area contributed by atoms with E-state index in [1.165, 1.54) is 17.7 Å². The average Bonchev–Trinajstić information content (AvgIpc) is 3.67. The maximum atomic E-state index is 13.6. The molecule has 8 nitrogen and oxygen atoms in total.